The summed E-state index contributed by atoms with van der Waals surface area (Å²) in [4.78, 5) is 4.22. The highest BCUT2D eigenvalue weighted by Gasteiger charge is 2.06. The van der Waals surface area contributed by atoms with E-state index in [2.05, 4.69) is 15.7 Å². The third-order valence-electron chi connectivity index (χ3n) is 1.85. The Balaban J connectivity index is 0.000000500. The van der Waals surface area contributed by atoms with E-state index in [9.17, 15) is 0 Å². The maximum Gasteiger partial charge on any atom is 0.108 e. The fourth-order valence-corrected chi connectivity index (χ4v) is 1.34. The first kappa shape index (κ1) is 7.61. The van der Waals surface area contributed by atoms with Crippen LogP contribution in [0.2, 0.25) is 0 Å². The van der Waals surface area contributed by atoms with Crippen LogP contribution in [0.5, 0.6) is 0 Å². The van der Waals surface area contributed by atoms with Crippen molar-refractivity contribution in [1.29, 1.82) is 0 Å². The van der Waals surface area contributed by atoms with E-state index in [1.165, 1.54) is 31.6 Å². The minimum absolute atomic E-state index is 0. The molecule has 0 unspecified atom stereocenters. The highest BCUT2D eigenvalue weighted by Crippen LogP contribution is 2.10. The molecule has 0 radical (unpaired) electrons. The van der Waals surface area contributed by atoms with Gasteiger partial charge in [-0.3, -0.25) is 0 Å². The smallest absolute Gasteiger partial charge is 0.108 e. The molecule has 1 aliphatic rings. The zero-order valence-electron chi connectivity index (χ0n) is 5.79. The lowest BCUT2D eigenvalue weighted by Crippen LogP contribution is -2.08. The molecule has 0 saturated heterocycles. The summed E-state index contributed by atoms with van der Waals surface area (Å²) in [7, 11) is 0. The van der Waals surface area contributed by atoms with Gasteiger partial charge >= 0.3 is 0 Å². The van der Waals surface area contributed by atoms with Crippen molar-refractivity contribution in [3.8, 4) is 0 Å². The molecule has 0 aromatic carbocycles. The lowest BCUT2D eigenvalue weighted by atomic mass is 10.2. The van der Waals surface area contributed by atoms with Crippen LogP contribution in [0.3, 0.4) is 0 Å². The van der Waals surface area contributed by atoms with Crippen molar-refractivity contribution in [3.63, 3.8) is 0 Å². The molecule has 2 nitrogen and oxygen atoms in total. The molecule has 1 aromatic heterocycles. The van der Waals surface area contributed by atoms with Gasteiger partial charge in [-0.1, -0.05) is 0 Å². The van der Waals surface area contributed by atoms with Crippen LogP contribution in [0, 0.1) is 0 Å². The molecule has 0 amide bonds. The van der Waals surface area contributed by atoms with Crippen molar-refractivity contribution in [2.45, 2.75) is 25.8 Å². The number of rotatable bonds is 0. The lowest BCUT2D eigenvalue weighted by molar-refractivity contribution is 0.522. The third-order valence-corrected chi connectivity index (χ3v) is 1.85. The Hall–Kier alpha value is -0.500. The van der Waals surface area contributed by atoms with Crippen LogP contribution in [-0.2, 0) is 13.0 Å². The maximum atomic E-state index is 4.22. The molecule has 3 heteroatoms. The summed E-state index contributed by atoms with van der Waals surface area (Å²) in [6.07, 6.45) is 7.77. The molecule has 1 aromatic rings. The number of hydrogen-bond donors (Lipinski definition) is 0. The number of halogens is 1. The van der Waals surface area contributed by atoms with Gasteiger partial charge in [0.15, 0.2) is 0 Å². The SMILES string of the molecule is Cl.c1cn2c(n1)CCCC2. The van der Waals surface area contributed by atoms with Gasteiger partial charge in [0.1, 0.15) is 5.82 Å². The van der Waals surface area contributed by atoms with E-state index >= 15 is 0 Å². The Morgan fingerprint density at radius 1 is 1.40 bits per heavy atom. The van der Waals surface area contributed by atoms with E-state index < -0.39 is 0 Å². The van der Waals surface area contributed by atoms with Gasteiger partial charge in [-0.25, -0.2) is 4.98 Å². The molecule has 0 bridgehead atoms. The van der Waals surface area contributed by atoms with Crippen LogP contribution < -0.4 is 0 Å². The summed E-state index contributed by atoms with van der Waals surface area (Å²) in [5.74, 6) is 1.27. The molecule has 1 aliphatic heterocycles. The molecule has 10 heavy (non-hydrogen) atoms. The number of imidazole rings is 1. The van der Waals surface area contributed by atoms with E-state index in [1.54, 1.807) is 0 Å². The van der Waals surface area contributed by atoms with Gasteiger partial charge in [0.25, 0.3) is 0 Å². The van der Waals surface area contributed by atoms with Crippen molar-refractivity contribution < 1.29 is 0 Å². The first-order valence-corrected chi connectivity index (χ1v) is 3.47. The summed E-state index contributed by atoms with van der Waals surface area (Å²) in [6.45, 7) is 1.18. The summed E-state index contributed by atoms with van der Waals surface area (Å²) >= 11 is 0. The number of hydrogen-bond acceptors (Lipinski definition) is 1. The number of aryl methyl sites for hydroxylation is 2. The van der Waals surface area contributed by atoms with Crippen LogP contribution in [0.1, 0.15) is 18.7 Å². The largest absolute Gasteiger partial charge is 0.335 e. The second-order valence-electron chi connectivity index (χ2n) is 2.49. The minimum atomic E-state index is 0. The van der Waals surface area contributed by atoms with Gasteiger partial charge in [-0.2, -0.15) is 0 Å². The summed E-state index contributed by atoms with van der Waals surface area (Å²) in [6, 6.07) is 0. The van der Waals surface area contributed by atoms with E-state index in [0.717, 1.165) is 0 Å². The normalized spacial score (nSPS) is 15.6. The zero-order valence-corrected chi connectivity index (χ0v) is 6.60. The van der Waals surface area contributed by atoms with Gasteiger partial charge in [0.05, 0.1) is 0 Å². The van der Waals surface area contributed by atoms with Crippen LogP contribution in [0.25, 0.3) is 0 Å². The van der Waals surface area contributed by atoms with Crippen molar-refractivity contribution in [2.24, 2.45) is 0 Å². The number of fused-ring (bicyclic) bond motifs is 1. The Morgan fingerprint density at radius 2 is 2.30 bits per heavy atom. The third kappa shape index (κ3) is 1.16. The Labute approximate surface area is 66.7 Å². The quantitative estimate of drug-likeness (QED) is 0.562. The molecular formula is C7H11ClN2. The Morgan fingerprint density at radius 3 is 3.10 bits per heavy atom. The number of nitrogens with zero attached hydrogens (tertiary/aromatic N) is 2. The molecule has 56 valence electrons. The lowest BCUT2D eigenvalue weighted by Gasteiger charge is -2.11. The van der Waals surface area contributed by atoms with E-state index in [1.807, 2.05) is 6.20 Å². The topological polar surface area (TPSA) is 17.8 Å². The first-order chi connectivity index (χ1) is 4.47. The monoisotopic (exact) mass is 158 g/mol. The van der Waals surface area contributed by atoms with E-state index in [0.29, 0.717) is 0 Å². The zero-order chi connectivity index (χ0) is 6.10. The first-order valence-electron chi connectivity index (χ1n) is 3.47. The van der Waals surface area contributed by atoms with Crippen LogP contribution in [0.4, 0.5) is 0 Å². The van der Waals surface area contributed by atoms with Gasteiger partial charge in [0.2, 0.25) is 0 Å². The van der Waals surface area contributed by atoms with Crippen LogP contribution >= 0.6 is 12.4 Å². The molecule has 0 spiro atoms. The average molecular weight is 159 g/mol. The standard InChI is InChI=1S/C7H10N2.ClH/c1-2-5-9-6-4-8-7(9)3-1;/h4,6H,1-3,5H2;1H. The van der Waals surface area contributed by atoms with Gasteiger partial charge < -0.3 is 4.57 Å². The summed E-state index contributed by atoms with van der Waals surface area (Å²) in [5, 5.41) is 0. The Kier molecular flexibility index (Phi) is 2.33. The van der Waals surface area contributed by atoms with Crippen molar-refractivity contribution in [2.75, 3.05) is 0 Å². The van der Waals surface area contributed by atoms with Crippen molar-refractivity contribution in [3.05, 3.63) is 18.2 Å². The van der Waals surface area contributed by atoms with Gasteiger partial charge in [-0.05, 0) is 12.8 Å². The van der Waals surface area contributed by atoms with Crippen LogP contribution in [-0.4, -0.2) is 9.55 Å². The molecule has 0 saturated carbocycles. The fourth-order valence-electron chi connectivity index (χ4n) is 1.34. The molecular weight excluding hydrogens is 148 g/mol. The molecule has 2 heterocycles. The van der Waals surface area contributed by atoms with Crippen molar-refractivity contribution >= 4 is 12.4 Å². The molecule has 0 fully saturated rings. The van der Waals surface area contributed by atoms with Crippen LogP contribution in [0.15, 0.2) is 12.4 Å². The predicted octanol–water partition coefficient (Wildman–Crippen LogP) is 1.64. The summed E-state index contributed by atoms with van der Waals surface area (Å²) in [5.41, 5.74) is 0. The molecule has 2 rings (SSSR count). The minimum Gasteiger partial charge on any atom is -0.335 e. The number of aromatic nitrogens is 2. The van der Waals surface area contributed by atoms with E-state index in [4.69, 9.17) is 0 Å². The highest BCUT2D eigenvalue weighted by molar-refractivity contribution is 5.85. The average Bonchev–Trinajstić information content (AvgIpc) is 2.33. The fraction of sp³-hybridized carbons (Fsp3) is 0.571. The van der Waals surface area contributed by atoms with Gasteiger partial charge in [-0.15, -0.1) is 12.4 Å². The van der Waals surface area contributed by atoms with Crippen molar-refractivity contribution in [1.82, 2.24) is 9.55 Å². The summed E-state index contributed by atoms with van der Waals surface area (Å²) < 4.78 is 2.24. The Bertz CT molecular complexity index is 187. The second-order valence-corrected chi connectivity index (χ2v) is 2.49. The maximum absolute atomic E-state index is 4.22. The second kappa shape index (κ2) is 3.06. The van der Waals surface area contributed by atoms with E-state index in [-0.39, 0.29) is 12.4 Å². The van der Waals surface area contributed by atoms with Gasteiger partial charge in [0, 0.05) is 25.4 Å². The highest BCUT2D eigenvalue weighted by atomic mass is 35.5. The molecule has 0 atom stereocenters. The molecule has 0 aliphatic carbocycles. The predicted molar refractivity (Wildman–Crippen MR) is 42.4 cm³/mol. The molecule has 0 N–H and O–H groups in total.